The number of benzene rings is 3. The molecule has 1 N–H and O–H groups in total. The zero-order valence-corrected chi connectivity index (χ0v) is 19.6. The van der Waals surface area contributed by atoms with Crippen molar-refractivity contribution in [2.45, 2.75) is 19.9 Å². The van der Waals surface area contributed by atoms with Gasteiger partial charge >= 0.3 is 0 Å². The van der Waals surface area contributed by atoms with E-state index in [0.717, 1.165) is 34.1 Å². The highest BCUT2D eigenvalue weighted by Crippen LogP contribution is 2.31. The van der Waals surface area contributed by atoms with E-state index in [9.17, 15) is 9.59 Å². The van der Waals surface area contributed by atoms with Gasteiger partial charge in [0.25, 0.3) is 11.5 Å². The van der Waals surface area contributed by atoms with Crippen LogP contribution >= 0.6 is 0 Å². The number of fused-ring (bicyclic) bond motifs is 2. The van der Waals surface area contributed by atoms with E-state index in [0.29, 0.717) is 17.3 Å². The summed E-state index contributed by atoms with van der Waals surface area (Å²) >= 11 is 0. The second-order valence-electron chi connectivity index (χ2n) is 8.33. The molecule has 3 aromatic carbocycles. The zero-order chi connectivity index (χ0) is 24.4. The maximum Gasteiger partial charge on any atom is 0.292 e. The van der Waals surface area contributed by atoms with Crippen LogP contribution in [0.3, 0.4) is 0 Å². The molecule has 35 heavy (non-hydrogen) atoms. The average Bonchev–Trinajstić information content (AvgIpc) is 3.18. The van der Waals surface area contributed by atoms with Gasteiger partial charge in [0.2, 0.25) is 0 Å². The van der Waals surface area contributed by atoms with Gasteiger partial charge in [-0.05, 0) is 24.1 Å². The van der Waals surface area contributed by atoms with Crippen LogP contribution in [-0.4, -0.2) is 26.5 Å². The van der Waals surface area contributed by atoms with Gasteiger partial charge in [0, 0.05) is 35.4 Å². The average molecular weight is 464 g/mol. The second kappa shape index (κ2) is 9.38. The van der Waals surface area contributed by atoms with Crippen LogP contribution in [0.5, 0.6) is 0 Å². The molecule has 2 aromatic heterocycles. The molecular formula is C28H25N5O2. The van der Waals surface area contributed by atoms with Crippen molar-refractivity contribution < 1.29 is 4.79 Å². The minimum absolute atomic E-state index is 0.173. The first-order chi connectivity index (χ1) is 17.1. The molecule has 7 heteroatoms. The van der Waals surface area contributed by atoms with E-state index >= 15 is 0 Å². The number of carbonyl (C=O) groups is 1. The molecule has 0 saturated carbocycles. The molecule has 0 atom stereocenters. The highest BCUT2D eigenvalue weighted by atomic mass is 16.2. The molecular weight excluding hydrogens is 438 g/mol. The Labute approximate surface area is 202 Å². The van der Waals surface area contributed by atoms with E-state index in [1.807, 2.05) is 50.4 Å². The van der Waals surface area contributed by atoms with E-state index in [4.69, 9.17) is 0 Å². The Morgan fingerprint density at radius 3 is 2.34 bits per heavy atom. The van der Waals surface area contributed by atoms with Crippen molar-refractivity contribution >= 4 is 33.8 Å². The van der Waals surface area contributed by atoms with Crippen molar-refractivity contribution in [3.63, 3.8) is 0 Å². The van der Waals surface area contributed by atoms with Gasteiger partial charge in [-0.15, -0.1) is 0 Å². The number of nitrogens with zero attached hydrogens (tertiary/aromatic N) is 4. The second-order valence-corrected chi connectivity index (χ2v) is 8.33. The number of amides is 1. The summed E-state index contributed by atoms with van der Waals surface area (Å²) in [5.41, 5.74) is 6.63. The summed E-state index contributed by atoms with van der Waals surface area (Å²) in [6.45, 7) is 2.39. The fourth-order valence-corrected chi connectivity index (χ4v) is 4.47. The highest BCUT2D eigenvalue weighted by Gasteiger charge is 2.17. The van der Waals surface area contributed by atoms with Crippen molar-refractivity contribution in [2.75, 3.05) is 0 Å². The molecule has 174 valence electrons. The fourth-order valence-electron chi connectivity index (χ4n) is 4.47. The lowest BCUT2D eigenvalue weighted by atomic mass is 10.1. The van der Waals surface area contributed by atoms with Gasteiger partial charge in [-0.25, -0.2) is 10.1 Å². The number of nitrogens with one attached hydrogen (secondary N) is 1. The Bertz CT molecular complexity index is 1630. The van der Waals surface area contributed by atoms with Gasteiger partial charge in [-0.3, -0.25) is 9.59 Å². The van der Waals surface area contributed by atoms with Crippen LogP contribution in [-0.2, 0) is 13.6 Å². The van der Waals surface area contributed by atoms with Gasteiger partial charge in [-0.2, -0.15) is 10.2 Å². The molecule has 2 heterocycles. The number of rotatable bonds is 6. The van der Waals surface area contributed by atoms with Crippen LogP contribution in [0, 0.1) is 0 Å². The standard InChI is InChI=1S/C28H25N5O2/c1-3-17-33-28(35)22-15-8-7-14-21(22)25(31-33)27(34)30-29-18-23-20-13-9-10-16-24(20)32(2)26(23)19-11-5-4-6-12-19/h4-16,18H,3,17H2,1-2H3,(H,30,34)/b29-18+. The summed E-state index contributed by atoms with van der Waals surface area (Å²) in [5, 5.41) is 10.7. The first-order valence-electron chi connectivity index (χ1n) is 11.6. The van der Waals surface area contributed by atoms with Crippen molar-refractivity contribution in [1.82, 2.24) is 19.8 Å². The molecule has 7 nitrogen and oxygen atoms in total. The molecule has 0 aliphatic rings. The van der Waals surface area contributed by atoms with Crippen LogP contribution < -0.4 is 11.0 Å². The van der Waals surface area contributed by atoms with Crippen molar-refractivity contribution in [2.24, 2.45) is 12.1 Å². The molecule has 5 rings (SSSR count). The molecule has 1 amide bonds. The first kappa shape index (κ1) is 22.3. The Hall–Kier alpha value is -4.52. The SMILES string of the molecule is CCCn1nc(C(=O)N/N=C/c2c(-c3ccccc3)n(C)c3ccccc23)c2ccccc2c1=O. The van der Waals surface area contributed by atoms with Crippen LogP contribution in [0.1, 0.15) is 29.4 Å². The lowest BCUT2D eigenvalue weighted by molar-refractivity contribution is 0.0949. The van der Waals surface area contributed by atoms with Gasteiger partial charge in [0.05, 0.1) is 17.3 Å². The molecule has 0 unspecified atom stereocenters. The largest absolute Gasteiger partial charge is 0.343 e. The van der Waals surface area contributed by atoms with E-state index in [-0.39, 0.29) is 11.3 Å². The minimum atomic E-state index is -0.469. The summed E-state index contributed by atoms with van der Waals surface area (Å²) in [4.78, 5) is 25.9. The lowest BCUT2D eigenvalue weighted by Crippen LogP contribution is -2.29. The van der Waals surface area contributed by atoms with E-state index in [1.165, 1.54) is 4.68 Å². The Kier molecular flexibility index (Phi) is 5.97. The molecule has 0 bridgehead atoms. The monoisotopic (exact) mass is 463 g/mol. The number of aryl methyl sites for hydroxylation is 2. The van der Waals surface area contributed by atoms with Crippen LogP contribution in [0.15, 0.2) is 88.8 Å². The van der Waals surface area contributed by atoms with E-state index < -0.39 is 5.91 Å². The number of hydrogen-bond donors (Lipinski definition) is 1. The lowest BCUT2D eigenvalue weighted by Gasteiger charge is -2.09. The topological polar surface area (TPSA) is 81.3 Å². The minimum Gasteiger partial charge on any atom is -0.343 e. The van der Waals surface area contributed by atoms with Crippen LogP contribution in [0.2, 0.25) is 0 Å². The maximum absolute atomic E-state index is 13.1. The predicted octanol–water partition coefficient (Wildman–Crippen LogP) is 4.73. The molecule has 0 spiro atoms. The number of aromatic nitrogens is 3. The van der Waals surface area contributed by atoms with Crippen molar-refractivity contribution in [3.8, 4) is 11.3 Å². The van der Waals surface area contributed by atoms with Gasteiger partial charge in [0.15, 0.2) is 5.69 Å². The number of para-hydroxylation sites is 1. The maximum atomic E-state index is 13.1. The van der Waals surface area contributed by atoms with E-state index in [1.54, 1.807) is 30.5 Å². The summed E-state index contributed by atoms with van der Waals surface area (Å²) in [6.07, 6.45) is 2.40. The Morgan fingerprint density at radius 1 is 0.943 bits per heavy atom. The number of hydrogen-bond acceptors (Lipinski definition) is 4. The summed E-state index contributed by atoms with van der Waals surface area (Å²) in [7, 11) is 2.02. The smallest absolute Gasteiger partial charge is 0.292 e. The summed E-state index contributed by atoms with van der Waals surface area (Å²) < 4.78 is 3.47. The first-order valence-corrected chi connectivity index (χ1v) is 11.6. The summed E-state index contributed by atoms with van der Waals surface area (Å²) in [5.74, 6) is -0.469. The van der Waals surface area contributed by atoms with Gasteiger partial charge in [-0.1, -0.05) is 73.7 Å². The van der Waals surface area contributed by atoms with Gasteiger partial charge < -0.3 is 4.57 Å². The van der Waals surface area contributed by atoms with Gasteiger partial charge in [0.1, 0.15) is 0 Å². The van der Waals surface area contributed by atoms with Crippen molar-refractivity contribution in [3.05, 3.63) is 100 Å². The fraction of sp³-hybridized carbons (Fsp3) is 0.143. The third kappa shape index (κ3) is 4.01. The Balaban J connectivity index is 1.54. The zero-order valence-electron chi connectivity index (χ0n) is 19.6. The van der Waals surface area contributed by atoms with Crippen LogP contribution in [0.4, 0.5) is 0 Å². The summed E-state index contributed by atoms with van der Waals surface area (Å²) in [6, 6.07) is 25.2. The molecule has 0 aliphatic heterocycles. The predicted molar refractivity (Wildman–Crippen MR) is 140 cm³/mol. The molecule has 0 radical (unpaired) electrons. The van der Waals surface area contributed by atoms with Crippen LogP contribution in [0.25, 0.3) is 32.9 Å². The third-order valence-electron chi connectivity index (χ3n) is 6.07. The van der Waals surface area contributed by atoms with Crippen molar-refractivity contribution in [1.29, 1.82) is 0 Å². The quantitative estimate of drug-likeness (QED) is 0.292. The van der Waals surface area contributed by atoms with E-state index in [2.05, 4.69) is 38.4 Å². The molecule has 0 aliphatic carbocycles. The number of hydrazone groups is 1. The third-order valence-corrected chi connectivity index (χ3v) is 6.07. The Morgan fingerprint density at radius 2 is 1.60 bits per heavy atom. The highest BCUT2D eigenvalue weighted by molar-refractivity contribution is 6.08. The molecule has 0 saturated heterocycles. The normalized spacial score (nSPS) is 11.5. The number of carbonyl (C=O) groups excluding carboxylic acids is 1. The molecule has 0 fully saturated rings. The molecule has 5 aromatic rings.